The van der Waals surface area contributed by atoms with Gasteiger partial charge in [0.2, 0.25) is 0 Å². The Labute approximate surface area is 72.0 Å². The molecule has 3 heteroatoms. The lowest BCUT2D eigenvalue weighted by Gasteiger charge is -1.94. The summed E-state index contributed by atoms with van der Waals surface area (Å²) < 4.78 is 2.25. The van der Waals surface area contributed by atoms with Crippen LogP contribution >= 0.6 is 11.8 Å². The number of aryl methyl sites for hydroxylation is 2. The maximum atomic E-state index is 3.24. The molecule has 0 radical (unpaired) electrons. The normalized spacial score (nSPS) is 10.4. The average Bonchev–Trinajstić information content (AvgIpc) is 2.47. The lowest BCUT2D eigenvalue weighted by Crippen LogP contribution is -2.34. The van der Waals surface area contributed by atoms with Gasteiger partial charge in [0.05, 0.1) is 13.0 Å². The zero-order valence-electron chi connectivity index (χ0n) is 7.13. The van der Waals surface area contributed by atoms with E-state index in [0.717, 1.165) is 13.0 Å². The molecular weight excluding hydrogens is 156 g/mol. The monoisotopic (exact) mass is 171 g/mol. The van der Waals surface area contributed by atoms with E-state index in [9.17, 15) is 0 Å². The first-order chi connectivity index (χ1) is 5.38. The van der Waals surface area contributed by atoms with Gasteiger partial charge in [-0.1, -0.05) is 0 Å². The van der Waals surface area contributed by atoms with Gasteiger partial charge >= 0.3 is 0 Å². The molecule has 0 atom stereocenters. The van der Waals surface area contributed by atoms with E-state index >= 15 is 0 Å². The Hall–Kier alpha value is -0.440. The number of aromatic amines is 1. The number of thioether (sulfide) groups is 1. The fraction of sp³-hybridized carbons (Fsp3) is 0.625. The molecular formula is C8H15N2S+. The van der Waals surface area contributed by atoms with Crippen LogP contribution < -0.4 is 4.57 Å². The van der Waals surface area contributed by atoms with Crippen molar-refractivity contribution in [1.29, 1.82) is 0 Å². The van der Waals surface area contributed by atoms with Crippen LogP contribution in [0.5, 0.6) is 0 Å². The second-order valence-corrected chi connectivity index (χ2v) is 3.42. The van der Waals surface area contributed by atoms with Crippen molar-refractivity contribution in [2.24, 2.45) is 0 Å². The smallest absolute Gasteiger partial charge is 0.248 e. The summed E-state index contributed by atoms with van der Waals surface area (Å²) >= 11 is 1.89. The van der Waals surface area contributed by atoms with Crippen LogP contribution in [0.25, 0.3) is 0 Å². The molecule has 0 fully saturated rings. The first-order valence-corrected chi connectivity index (χ1v) is 5.32. The molecule has 0 saturated heterocycles. The van der Waals surface area contributed by atoms with Gasteiger partial charge in [-0.15, -0.1) is 0 Å². The van der Waals surface area contributed by atoms with E-state index in [1.54, 1.807) is 0 Å². The SMILES string of the molecule is CC[n+]1cc[nH]c1CCSC. The number of hydrogen-bond acceptors (Lipinski definition) is 1. The minimum atomic E-state index is 1.06. The third-order valence-corrected chi connectivity index (χ3v) is 2.35. The van der Waals surface area contributed by atoms with Crippen molar-refractivity contribution in [3.05, 3.63) is 18.2 Å². The minimum Gasteiger partial charge on any atom is -0.248 e. The van der Waals surface area contributed by atoms with E-state index in [2.05, 4.69) is 28.9 Å². The van der Waals surface area contributed by atoms with Gasteiger partial charge in [0.15, 0.2) is 0 Å². The summed E-state index contributed by atoms with van der Waals surface area (Å²) in [5, 5.41) is 0. The van der Waals surface area contributed by atoms with Crippen molar-refractivity contribution >= 4 is 11.8 Å². The Morgan fingerprint density at radius 2 is 2.45 bits per heavy atom. The number of imidazole rings is 1. The van der Waals surface area contributed by atoms with Gasteiger partial charge in [-0.25, -0.2) is 9.55 Å². The quantitative estimate of drug-likeness (QED) is 0.675. The molecule has 62 valence electrons. The molecule has 1 aromatic rings. The predicted molar refractivity (Wildman–Crippen MR) is 48.7 cm³/mol. The third-order valence-electron chi connectivity index (χ3n) is 1.73. The molecule has 2 nitrogen and oxygen atoms in total. The molecule has 11 heavy (non-hydrogen) atoms. The highest BCUT2D eigenvalue weighted by atomic mass is 32.2. The van der Waals surface area contributed by atoms with Crippen LogP contribution in [0.2, 0.25) is 0 Å². The van der Waals surface area contributed by atoms with E-state index in [1.807, 2.05) is 18.0 Å². The number of H-pyrrole nitrogens is 1. The molecule has 1 heterocycles. The van der Waals surface area contributed by atoms with E-state index in [-0.39, 0.29) is 0 Å². The zero-order valence-corrected chi connectivity index (χ0v) is 7.95. The first-order valence-electron chi connectivity index (χ1n) is 3.93. The van der Waals surface area contributed by atoms with Gasteiger partial charge < -0.3 is 0 Å². The van der Waals surface area contributed by atoms with Gasteiger partial charge in [0, 0.05) is 5.75 Å². The summed E-state index contributed by atoms with van der Waals surface area (Å²) in [4.78, 5) is 3.24. The van der Waals surface area contributed by atoms with Crippen LogP contribution in [0.4, 0.5) is 0 Å². The summed E-state index contributed by atoms with van der Waals surface area (Å²) in [7, 11) is 0. The lowest BCUT2D eigenvalue weighted by molar-refractivity contribution is -0.699. The Morgan fingerprint density at radius 1 is 1.64 bits per heavy atom. The molecule has 1 aromatic heterocycles. The molecule has 0 bridgehead atoms. The summed E-state index contributed by atoms with van der Waals surface area (Å²) in [5.74, 6) is 2.53. The molecule has 0 aliphatic carbocycles. The Balaban J connectivity index is 2.54. The Kier molecular flexibility index (Phi) is 3.49. The van der Waals surface area contributed by atoms with Crippen LogP contribution in [0.3, 0.4) is 0 Å². The van der Waals surface area contributed by atoms with Crippen LogP contribution in [0.1, 0.15) is 12.7 Å². The number of nitrogens with one attached hydrogen (secondary N) is 1. The number of hydrogen-bond donors (Lipinski definition) is 1. The van der Waals surface area contributed by atoms with Gasteiger partial charge in [-0.2, -0.15) is 11.8 Å². The van der Waals surface area contributed by atoms with Gasteiger partial charge in [-0.3, -0.25) is 0 Å². The van der Waals surface area contributed by atoms with Crippen LogP contribution in [0.15, 0.2) is 12.4 Å². The van der Waals surface area contributed by atoms with Crippen LogP contribution in [0, 0.1) is 0 Å². The average molecular weight is 171 g/mol. The largest absolute Gasteiger partial charge is 0.255 e. The summed E-state index contributed by atoms with van der Waals surface area (Å²) in [5.41, 5.74) is 0. The maximum Gasteiger partial charge on any atom is 0.255 e. The summed E-state index contributed by atoms with van der Waals surface area (Å²) in [6.45, 7) is 3.23. The first kappa shape index (κ1) is 8.65. The van der Waals surface area contributed by atoms with E-state index in [1.165, 1.54) is 11.6 Å². The van der Waals surface area contributed by atoms with E-state index in [4.69, 9.17) is 0 Å². The van der Waals surface area contributed by atoms with Gasteiger partial charge in [-0.05, 0) is 13.2 Å². The second-order valence-electron chi connectivity index (χ2n) is 2.44. The van der Waals surface area contributed by atoms with Crippen LogP contribution in [-0.2, 0) is 13.0 Å². The standard InChI is InChI=1S/C8H14N2S/c1-3-10-6-5-9-8(10)4-7-11-2/h5-6H,3-4,7H2,1-2H3/p+1. The van der Waals surface area contributed by atoms with Crippen molar-refractivity contribution < 1.29 is 4.57 Å². The number of nitrogens with zero attached hydrogens (tertiary/aromatic N) is 1. The maximum absolute atomic E-state index is 3.24. The Morgan fingerprint density at radius 3 is 3.09 bits per heavy atom. The molecule has 0 spiro atoms. The molecule has 0 aromatic carbocycles. The fourth-order valence-electron chi connectivity index (χ4n) is 1.11. The fourth-order valence-corrected chi connectivity index (χ4v) is 1.50. The molecule has 1 rings (SSSR count). The number of rotatable bonds is 4. The Bertz CT molecular complexity index is 208. The van der Waals surface area contributed by atoms with Crippen molar-refractivity contribution in [3.8, 4) is 0 Å². The molecule has 0 aliphatic rings. The van der Waals surface area contributed by atoms with Gasteiger partial charge in [0.1, 0.15) is 12.4 Å². The number of aromatic nitrogens is 2. The van der Waals surface area contributed by atoms with E-state index < -0.39 is 0 Å². The molecule has 1 N–H and O–H groups in total. The molecule has 0 saturated carbocycles. The van der Waals surface area contributed by atoms with Crippen LogP contribution in [-0.4, -0.2) is 17.0 Å². The summed E-state index contributed by atoms with van der Waals surface area (Å²) in [6, 6.07) is 0. The van der Waals surface area contributed by atoms with Crippen molar-refractivity contribution in [2.45, 2.75) is 19.9 Å². The lowest BCUT2D eigenvalue weighted by atomic mass is 10.4. The molecule has 0 amide bonds. The predicted octanol–water partition coefficient (Wildman–Crippen LogP) is 1.23. The minimum absolute atomic E-state index is 1.06. The van der Waals surface area contributed by atoms with Crippen molar-refractivity contribution in [1.82, 2.24) is 4.98 Å². The highest BCUT2D eigenvalue weighted by Gasteiger charge is 2.06. The molecule has 0 aliphatic heterocycles. The summed E-state index contributed by atoms with van der Waals surface area (Å²) in [6.07, 6.45) is 7.37. The second kappa shape index (κ2) is 4.44. The third kappa shape index (κ3) is 2.26. The molecule has 0 unspecified atom stereocenters. The highest BCUT2D eigenvalue weighted by molar-refractivity contribution is 7.98. The topological polar surface area (TPSA) is 19.7 Å². The van der Waals surface area contributed by atoms with E-state index in [0.29, 0.717) is 0 Å². The van der Waals surface area contributed by atoms with Gasteiger partial charge in [0.25, 0.3) is 5.82 Å². The zero-order chi connectivity index (χ0) is 8.10. The van der Waals surface area contributed by atoms with Crippen molar-refractivity contribution in [3.63, 3.8) is 0 Å². The highest BCUT2D eigenvalue weighted by Crippen LogP contribution is 1.96. The van der Waals surface area contributed by atoms with Crippen molar-refractivity contribution in [2.75, 3.05) is 12.0 Å².